The highest BCUT2D eigenvalue weighted by molar-refractivity contribution is 6.30. The minimum absolute atomic E-state index is 0.239. The van der Waals surface area contributed by atoms with Gasteiger partial charge in [0.2, 0.25) is 0 Å². The lowest BCUT2D eigenvalue weighted by molar-refractivity contribution is -0.137. The molecule has 0 radical (unpaired) electrons. The van der Waals surface area contributed by atoms with E-state index in [-0.39, 0.29) is 12.4 Å². The molecule has 0 saturated heterocycles. The van der Waals surface area contributed by atoms with Crippen LogP contribution in [-0.2, 0) is 16.0 Å². The molecule has 0 atom stereocenters. The number of halogens is 1. The van der Waals surface area contributed by atoms with Crippen LogP contribution < -0.4 is 0 Å². The van der Waals surface area contributed by atoms with E-state index in [1.165, 1.54) is 0 Å². The fourth-order valence-corrected chi connectivity index (χ4v) is 1.03. The maximum absolute atomic E-state index is 11.0. The zero-order valence-electron chi connectivity index (χ0n) is 7.00. The van der Waals surface area contributed by atoms with Crippen LogP contribution in [0.25, 0.3) is 0 Å². The van der Waals surface area contributed by atoms with Crippen LogP contribution in [0.2, 0.25) is 5.02 Å². The van der Waals surface area contributed by atoms with Gasteiger partial charge >= 0.3 is 5.97 Å². The fraction of sp³-hybridized carbons (Fsp3) is 0.100. The van der Waals surface area contributed by atoms with Crippen LogP contribution in [0.1, 0.15) is 5.56 Å². The number of esters is 1. The van der Waals surface area contributed by atoms with Crippen LogP contribution in [0.4, 0.5) is 0 Å². The molecule has 0 spiro atoms. The molecular formula is C10H9ClO2. The lowest BCUT2D eigenvalue weighted by Gasteiger charge is -1.99. The smallest absolute Gasteiger partial charge is 0.315 e. The van der Waals surface area contributed by atoms with Gasteiger partial charge in [0.25, 0.3) is 0 Å². The summed E-state index contributed by atoms with van der Waals surface area (Å²) in [6, 6.07) is 7.04. The van der Waals surface area contributed by atoms with E-state index in [9.17, 15) is 4.79 Å². The van der Waals surface area contributed by atoms with Crippen molar-refractivity contribution in [3.05, 3.63) is 47.7 Å². The van der Waals surface area contributed by atoms with Crippen LogP contribution in [0, 0.1) is 0 Å². The quantitative estimate of drug-likeness (QED) is 0.549. The monoisotopic (exact) mass is 196 g/mol. The summed E-state index contributed by atoms with van der Waals surface area (Å²) in [6.07, 6.45) is 1.36. The largest absolute Gasteiger partial charge is 0.435 e. The number of rotatable bonds is 3. The Hall–Kier alpha value is -1.28. The number of benzene rings is 1. The van der Waals surface area contributed by atoms with Gasteiger partial charge in [-0.2, -0.15) is 0 Å². The first-order chi connectivity index (χ1) is 6.22. The molecule has 0 aromatic heterocycles. The van der Waals surface area contributed by atoms with Gasteiger partial charge in [-0.3, -0.25) is 4.79 Å². The van der Waals surface area contributed by atoms with Gasteiger partial charge in [-0.25, -0.2) is 0 Å². The second kappa shape index (κ2) is 4.67. The second-order valence-electron chi connectivity index (χ2n) is 2.46. The molecule has 0 heterocycles. The molecule has 0 amide bonds. The van der Waals surface area contributed by atoms with Crippen molar-refractivity contribution in [2.45, 2.75) is 6.42 Å². The van der Waals surface area contributed by atoms with E-state index in [4.69, 9.17) is 11.6 Å². The third-order valence-electron chi connectivity index (χ3n) is 1.48. The van der Waals surface area contributed by atoms with Crippen LogP contribution >= 0.6 is 11.6 Å². The summed E-state index contributed by atoms with van der Waals surface area (Å²) < 4.78 is 4.57. The summed E-state index contributed by atoms with van der Waals surface area (Å²) in [5, 5.41) is 0.654. The highest BCUT2D eigenvalue weighted by Crippen LogP contribution is 2.10. The highest BCUT2D eigenvalue weighted by atomic mass is 35.5. The van der Waals surface area contributed by atoms with Crippen molar-refractivity contribution in [1.29, 1.82) is 0 Å². The van der Waals surface area contributed by atoms with E-state index in [0.717, 1.165) is 11.8 Å². The molecule has 3 heteroatoms. The van der Waals surface area contributed by atoms with Crippen molar-refractivity contribution in [1.82, 2.24) is 0 Å². The molecule has 1 aromatic rings. The van der Waals surface area contributed by atoms with Gasteiger partial charge in [-0.15, -0.1) is 0 Å². The average Bonchev–Trinajstić information content (AvgIpc) is 2.09. The molecule has 0 unspecified atom stereocenters. The molecule has 0 bridgehead atoms. The number of hydrogen-bond acceptors (Lipinski definition) is 2. The van der Waals surface area contributed by atoms with E-state index in [2.05, 4.69) is 11.3 Å². The molecule has 0 saturated carbocycles. The Morgan fingerprint density at radius 2 is 2.08 bits per heavy atom. The molecule has 2 nitrogen and oxygen atoms in total. The fourth-order valence-electron chi connectivity index (χ4n) is 0.904. The summed E-state index contributed by atoms with van der Waals surface area (Å²) >= 11 is 5.68. The van der Waals surface area contributed by atoms with Gasteiger partial charge in [-0.1, -0.05) is 30.3 Å². The Labute approximate surface area is 81.8 Å². The lowest BCUT2D eigenvalue weighted by Crippen LogP contribution is -2.03. The molecule has 1 rings (SSSR count). The standard InChI is InChI=1S/C10H9ClO2/c1-2-13-10(12)7-8-3-5-9(11)6-4-8/h2-6H,1,7H2. The summed E-state index contributed by atoms with van der Waals surface area (Å²) in [7, 11) is 0. The van der Waals surface area contributed by atoms with Gasteiger partial charge < -0.3 is 4.74 Å². The van der Waals surface area contributed by atoms with Gasteiger partial charge in [0.05, 0.1) is 12.7 Å². The topological polar surface area (TPSA) is 26.3 Å². The molecular weight excluding hydrogens is 188 g/mol. The van der Waals surface area contributed by atoms with Crippen LogP contribution in [0.5, 0.6) is 0 Å². The summed E-state index contributed by atoms with van der Waals surface area (Å²) in [6.45, 7) is 3.29. The van der Waals surface area contributed by atoms with E-state index >= 15 is 0 Å². The maximum Gasteiger partial charge on any atom is 0.315 e. The van der Waals surface area contributed by atoms with Gasteiger partial charge in [0.15, 0.2) is 0 Å². The lowest BCUT2D eigenvalue weighted by atomic mass is 10.2. The third-order valence-corrected chi connectivity index (χ3v) is 1.73. The Morgan fingerprint density at radius 3 is 2.62 bits per heavy atom. The van der Waals surface area contributed by atoms with Crippen molar-refractivity contribution in [3.63, 3.8) is 0 Å². The van der Waals surface area contributed by atoms with Gasteiger partial charge in [0, 0.05) is 5.02 Å². The van der Waals surface area contributed by atoms with Crippen molar-refractivity contribution < 1.29 is 9.53 Å². The predicted octanol–water partition coefficient (Wildman–Crippen LogP) is 2.57. The summed E-state index contributed by atoms with van der Waals surface area (Å²) in [5.41, 5.74) is 0.872. The molecule has 1 aromatic carbocycles. The second-order valence-corrected chi connectivity index (χ2v) is 2.90. The van der Waals surface area contributed by atoms with E-state index in [1.54, 1.807) is 24.3 Å². The van der Waals surface area contributed by atoms with E-state index in [1.807, 2.05) is 0 Å². The van der Waals surface area contributed by atoms with Crippen LogP contribution in [0.3, 0.4) is 0 Å². The predicted molar refractivity (Wildman–Crippen MR) is 51.4 cm³/mol. The first-order valence-electron chi connectivity index (χ1n) is 3.77. The van der Waals surface area contributed by atoms with Gasteiger partial charge in [0.1, 0.15) is 0 Å². The minimum atomic E-state index is -0.322. The molecule has 0 N–H and O–H groups in total. The van der Waals surface area contributed by atoms with Gasteiger partial charge in [-0.05, 0) is 17.7 Å². The number of carbonyl (C=O) groups is 1. The van der Waals surface area contributed by atoms with Crippen molar-refractivity contribution in [2.75, 3.05) is 0 Å². The molecule has 68 valence electrons. The maximum atomic E-state index is 11.0. The van der Waals surface area contributed by atoms with E-state index in [0.29, 0.717) is 5.02 Å². The SMILES string of the molecule is C=COC(=O)Cc1ccc(Cl)cc1. The molecule has 0 aliphatic carbocycles. The van der Waals surface area contributed by atoms with Crippen molar-refractivity contribution >= 4 is 17.6 Å². The Kier molecular flexibility index (Phi) is 3.53. The first-order valence-corrected chi connectivity index (χ1v) is 4.15. The average molecular weight is 197 g/mol. The number of ether oxygens (including phenoxy) is 1. The van der Waals surface area contributed by atoms with Crippen molar-refractivity contribution in [3.8, 4) is 0 Å². The summed E-state index contributed by atoms with van der Waals surface area (Å²) in [5.74, 6) is -0.322. The minimum Gasteiger partial charge on any atom is -0.435 e. The Balaban J connectivity index is 2.59. The summed E-state index contributed by atoms with van der Waals surface area (Å²) in [4.78, 5) is 11.0. The van der Waals surface area contributed by atoms with Crippen molar-refractivity contribution in [2.24, 2.45) is 0 Å². The highest BCUT2D eigenvalue weighted by Gasteiger charge is 2.02. The zero-order chi connectivity index (χ0) is 9.68. The van der Waals surface area contributed by atoms with Crippen LogP contribution in [-0.4, -0.2) is 5.97 Å². The molecule has 13 heavy (non-hydrogen) atoms. The Morgan fingerprint density at radius 1 is 1.46 bits per heavy atom. The molecule has 0 aliphatic heterocycles. The number of hydrogen-bond donors (Lipinski definition) is 0. The third kappa shape index (κ3) is 3.30. The van der Waals surface area contributed by atoms with Crippen LogP contribution in [0.15, 0.2) is 37.1 Å². The molecule has 0 fully saturated rings. The Bertz CT molecular complexity index is 303. The number of carbonyl (C=O) groups excluding carboxylic acids is 1. The normalized spacial score (nSPS) is 9.31. The van der Waals surface area contributed by atoms with E-state index < -0.39 is 0 Å². The molecule has 0 aliphatic rings. The first kappa shape index (κ1) is 9.81. The zero-order valence-corrected chi connectivity index (χ0v) is 7.75.